The third-order valence-corrected chi connectivity index (χ3v) is 5.04. The van der Waals surface area contributed by atoms with Crippen molar-refractivity contribution in [2.45, 2.75) is 10.8 Å². The molecule has 3 aromatic heterocycles. The normalized spacial score (nSPS) is 11.1. The third kappa shape index (κ3) is 2.60. The largest absolute Gasteiger partial charge is 0.420 e. The Hall–Kier alpha value is -2.25. The van der Waals surface area contributed by atoms with E-state index in [1.807, 2.05) is 41.8 Å². The maximum absolute atomic E-state index is 5.70. The van der Waals surface area contributed by atoms with Gasteiger partial charge in [0.05, 0.1) is 16.0 Å². The van der Waals surface area contributed by atoms with E-state index in [2.05, 4.69) is 20.2 Å². The van der Waals surface area contributed by atoms with Crippen LogP contribution in [0.3, 0.4) is 0 Å². The van der Waals surface area contributed by atoms with Crippen molar-refractivity contribution in [3.05, 3.63) is 54.0 Å². The van der Waals surface area contributed by atoms with Crippen LogP contribution in [0, 0.1) is 0 Å². The number of hydrogen-bond donors (Lipinski definition) is 0. The van der Waals surface area contributed by atoms with Gasteiger partial charge in [-0.05, 0) is 23.6 Å². The Bertz CT molecular complexity index is 904. The first-order valence-electron chi connectivity index (χ1n) is 6.59. The second kappa shape index (κ2) is 5.86. The summed E-state index contributed by atoms with van der Waals surface area (Å²) in [5, 5.41) is 11.2. The Kier molecular flexibility index (Phi) is 3.57. The average Bonchev–Trinajstić information content (AvgIpc) is 3.23. The summed E-state index contributed by atoms with van der Waals surface area (Å²) in [5.74, 6) is 1.72. The van der Waals surface area contributed by atoms with Crippen LogP contribution in [-0.2, 0) is 5.75 Å². The topological polar surface area (TPSA) is 64.7 Å². The average molecular weight is 326 g/mol. The van der Waals surface area contributed by atoms with Crippen molar-refractivity contribution in [2.24, 2.45) is 0 Å². The van der Waals surface area contributed by atoms with Gasteiger partial charge in [0.2, 0.25) is 11.8 Å². The van der Waals surface area contributed by atoms with Gasteiger partial charge in [0.25, 0.3) is 0 Å². The number of benzene rings is 1. The van der Waals surface area contributed by atoms with E-state index in [-0.39, 0.29) is 0 Å². The predicted octanol–water partition coefficient (Wildman–Crippen LogP) is 4.03. The van der Waals surface area contributed by atoms with Crippen molar-refractivity contribution in [3.8, 4) is 11.5 Å². The molecule has 0 aliphatic rings. The SMILES string of the molecule is c1ccc(-c2nnc(CSc3ncnc4ccsc34)o2)cc1. The number of fused-ring (bicyclic) bond motifs is 1. The van der Waals surface area contributed by atoms with Crippen LogP contribution in [0.4, 0.5) is 0 Å². The fraction of sp³-hybridized carbons (Fsp3) is 0.0667. The quantitative estimate of drug-likeness (QED) is 0.417. The molecule has 1 aromatic carbocycles. The number of thiophene rings is 1. The lowest BCUT2D eigenvalue weighted by molar-refractivity contribution is 0.528. The van der Waals surface area contributed by atoms with Crippen molar-refractivity contribution < 1.29 is 4.42 Å². The molecule has 3 heterocycles. The van der Waals surface area contributed by atoms with E-state index >= 15 is 0 Å². The second-order valence-electron chi connectivity index (χ2n) is 4.47. The molecule has 0 saturated heterocycles. The number of hydrogen-bond acceptors (Lipinski definition) is 7. The number of nitrogens with zero attached hydrogens (tertiary/aromatic N) is 4. The molecule has 0 bridgehead atoms. The minimum Gasteiger partial charge on any atom is -0.420 e. The highest BCUT2D eigenvalue weighted by molar-refractivity contribution is 7.98. The lowest BCUT2D eigenvalue weighted by atomic mass is 10.2. The molecule has 22 heavy (non-hydrogen) atoms. The molecule has 0 amide bonds. The van der Waals surface area contributed by atoms with Gasteiger partial charge in [-0.15, -0.1) is 21.5 Å². The van der Waals surface area contributed by atoms with E-state index in [0.29, 0.717) is 17.5 Å². The zero-order valence-electron chi connectivity index (χ0n) is 11.3. The summed E-state index contributed by atoms with van der Waals surface area (Å²) in [6.07, 6.45) is 1.58. The van der Waals surface area contributed by atoms with Crippen LogP contribution in [0.1, 0.15) is 5.89 Å². The van der Waals surface area contributed by atoms with E-state index in [4.69, 9.17) is 4.42 Å². The van der Waals surface area contributed by atoms with Crippen LogP contribution in [0.15, 0.2) is 57.5 Å². The van der Waals surface area contributed by atoms with E-state index in [1.165, 1.54) is 0 Å². The van der Waals surface area contributed by atoms with Crippen molar-refractivity contribution in [2.75, 3.05) is 0 Å². The van der Waals surface area contributed by atoms with E-state index in [9.17, 15) is 0 Å². The van der Waals surface area contributed by atoms with Crippen molar-refractivity contribution in [3.63, 3.8) is 0 Å². The molecule has 108 valence electrons. The van der Waals surface area contributed by atoms with E-state index in [1.54, 1.807) is 29.4 Å². The van der Waals surface area contributed by atoms with Crippen LogP contribution < -0.4 is 0 Å². The van der Waals surface area contributed by atoms with Gasteiger partial charge in [-0.3, -0.25) is 0 Å². The fourth-order valence-electron chi connectivity index (χ4n) is 2.01. The Morgan fingerprint density at radius 1 is 1.05 bits per heavy atom. The van der Waals surface area contributed by atoms with Crippen LogP contribution >= 0.6 is 23.1 Å². The highest BCUT2D eigenvalue weighted by Crippen LogP contribution is 2.30. The van der Waals surface area contributed by atoms with Crippen LogP contribution in [0.2, 0.25) is 0 Å². The molecule has 0 radical (unpaired) electrons. The fourth-order valence-corrected chi connectivity index (χ4v) is 3.79. The Labute approximate surface area is 134 Å². The minimum atomic E-state index is 0.542. The van der Waals surface area contributed by atoms with Crippen LogP contribution in [0.5, 0.6) is 0 Å². The molecule has 7 heteroatoms. The molecule has 0 aliphatic carbocycles. The van der Waals surface area contributed by atoms with Gasteiger partial charge in [0.1, 0.15) is 11.4 Å². The van der Waals surface area contributed by atoms with E-state index in [0.717, 1.165) is 20.8 Å². The predicted molar refractivity (Wildman–Crippen MR) is 86.7 cm³/mol. The molecule has 0 unspecified atom stereocenters. The molecule has 4 aromatic rings. The summed E-state index contributed by atoms with van der Waals surface area (Å²) in [6.45, 7) is 0. The Morgan fingerprint density at radius 3 is 2.86 bits per heavy atom. The highest BCUT2D eigenvalue weighted by atomic mass is 32.2. The Balaban J connectivity index is 1.53. The molecule has 4 rings (SSSR count). The minimum absolute atomic E-state index is 0.542. The van der Waals surface area contributed by atoms with E-state index < -0.39 is 0 Å². The number of rotatable bonds is 4. The standard InChI is InChI=1S/C15H10N4OS2/c1-2-4-10(5-3-1)14-19-18-12(20-14)8-22-15-13-11(6-7-21-13)16-9-17-15/h1-7,9H,8H2. The van der Waals surface area contributed by atoms with Gasteiger partial charge in [-0.1, -0.05) is 30.0 Å². The number of thioether (sulfide) groups is 1. The zero-order valence-corrected chi connectivity index (χ0v) is 13.0. The highest BCUT2D eigenvalue weighted by Gasteiger charge is 2.11. The lowest BCUT2D eigenvalue weighted by Crippen LogP contribution is -1.85. The monoisotopic (exact) mass is 326 g/mol. The lowest BCUT2D eigenvalue weighted by Gasteiger charge is -1.98. The second-order valence-corrected chi connectivity index (χ2v) is 6.35. The summed E-state index contributed by atoms with van der Waals surface area (Å²) in [5.41, 5.74) is 1.90. The van der Waals surface area contributed by atoms with Gasteiger partial charge in [-0.2, -0.15) is 0 Å². The van der Waals surface area contributed by atoms with Crippen LogP contribution in [-0.4, -0.2) is 20.2 Å². The molecular formula is C15H10N4OS2. The Morgan fingerprint density at radius 2 is 1.95 bits per heavy atom. The molecule has 0 N–H and O–H groups in total. The third-order valence-electron chi connectivity index (χ3n) is 3.03. The van der Waals surface area contributed by atoms with Crippen molar-refractivity contribution in [1.29, 1.82) is 0 Å². The number of aromatic nitrogens is 4. The summed E-state index contributed by atoms with van der Waals surface area (Å²) < 4.78 is 6.79. The smallest absolute Gasteiger partial charge is 0.247 e. The first kappa shape index (κ1) is 13.4. The molecule has 0 aliphatic heterocycles. The van der Waals surface area contributed by atoms with Gasteiger partial charge < -0.3 is 4.42 Å². The van der Waals surface area contributed by atoms with Crippen LogP contribution in [0.25, 0.3) is 21.7 Å². The first-order chi connectivity index (χ1) is 10.9. The zero-order chi connectivity index (χ0) is 14.8. The molecule has 5 nitrogen and oxygen atoms in total. The van der Waals surface area contributed by atoms with Gasteiger partial charge in [0.15, 0.2) is 0 Å². The van der Waals surface area contributed by atoms with Crippen molar-refractivity contribution >= 4 is 33.3 Å². The van der Waals surface area contributed by atoms with Gasteiger partial charge in [-0.25, -0.2) is 9.97 Å². The summed E-state index contributed by atoms with van der Waals surface area (Å²) in [4.78, 5) is 8.57. The summed E-state index contributed by atoms with van der Waals surface area (Å²) >= 11 is 3.22. The van der Waals surface area contributed by atoms with Crippen molar-refractivity contribution in [1.82, 2.24) is 20.2 Å². The van der Waals surface area contributed by atoms with Gasteiger partial charge >= 0.3 is 0 Å². The molecule has 0 fully saturated rings. The summed E-state index contributed by atoms with van der Waals surface area (Å²) in [7, 11) is 0. The first-order valence-corrected chi connectivity index (χ1v) is 8.45. The molecule has 0 atom stereocenters. The maximum Gasteiger partial charge on any atom is 0.247 e. The molecule has 0 spiro atoms. The molecular weight excluding hydrogens is 316 g/mol. The van der Waals surface area contributed by atoms with Gasteiger partial charge in [0, 0.05) is 5.56 Å². The summed E-state index contributed by atoms with van der Waals surface area (Å²) in [6, 6.07) is 11.7. The molecule has 0 saturated carbocycles. The maximum atomic E-state index is 5.70.